The number of hydrogen-bond acceptors (Lipinski definition) is 5. The molecule has 0 amide bonds. The molecule has 2 rings (SSSR count). The van der Waals surface area contributed by atoms with E-state index in [1.807, 2.05) is 26.0 Å². The molecule has 0 aromatic carbocycles. The molecule has 0 aliphatic heterocycles. The molecule has 2 heterocycles. The van der Waals surface area contributed by atoms with Crippen LogP contribution in [0.3, 0.4) is 0 Å². The molecule has 0 spiro atoms. The van der Waals surface area contributed by atoms with Crippen molar-refractivity contribution in [2.45, 2.75) is 43.0 Å². The van der Waals surface area contributed by atoms with Gasteiger partial charge in [-0.2, -0.15) is 0 Å². The Morgan fingerprint density at radius 1 is 1.58 bits per heavy atom. The van der Waals surface area contributed by atoms with E-state index < -0.39 is 0 Å². The monoisotopic (exact) mass is 279 g/mol. The molecule has 19 heavy (non-hydrogen) atoms. The molecule has 2 aromatic rings. The molecule has 0 saturated carbocycles. The number of H-pyrrole nitrogens is 1. The lowest BCUT2D eigenvalue weighted by Crippen LogP contribution is -2.17. The standard InChI is InChI=1S/C12H17N5OS/c1-3-7-17-11(18)15-16-12(17)19-10-9(8(2)13)5-4-6-14-10/h4-6,8H,3,7,13H2,1-2H3,(H,15,18)/t8-/m0/s1. The van der Waals surface area contributed by atoms with E-state index in [2.05, 4.69) is 15.2 Å². The molecule has 0 unspecified atom stereocenters. The molecule has 2 aromatic heterocycles. The SMILES string of the molecule is CCCn1c(Sc2ncccc2[C@H](C)N)n[nH]c1=O. The Kier molecular flexibility index (Phi) is 4.39. The summed E-state index contributed by atoms with van der Waals surface area (Å²) in [6.45, 7) is 4.56. The van der Waals surface area contributed by atoms with Crippen LogP contribution in [0.2, 0.25) is 0 Å². The molecule has 0 radical (unpaired) electrons. The maximum Gasteiger partial charge on any atom is 0.343 e. The molecule has 0 saturated heterocycles. The summed E-state index contributed by atoms with van der Waals surface area (Å²) in [5.41, 5.74) is 6.68. The Balaban J connectivity index is 2.34. The van der Waals surface area contributed by atoms with Crippen molar-refractivity contribution in [1.29, 1.82) is 0 Å². The zero-order valence-electron chi connectivity index (χ0n) is 11.0. The second-order valence-corrected chi connectivity index (χ2v) is 5.21. The Morgan fingerprint density at radius 2 is 2.37 bits per heavy atom. The van der Waals surface area contributed by atoms with Crippen molar-refractivity contribution in [2.75, 3.05) is 0 Å². The van der Waals surface area contributed by atoms with Gasteiger partial charge in [-0.3, -0.25) is 4.57 Å². The van der Waals surface area contributed by atoms with E-state index in [1.165, 1.54) is 11.8 Å². The summed E-state index contributed by atoms with van der Waals surface area (Å²) >= 11 is 1.36. The van der Waals surface area contributed by atoms with Crippen molar-refractivity contribution in [2.24, 2.45) is 5.73 Å². The van der Waals surface area contributed by atoms with Gasteiger partial charge in [-0.15, -0.1) is 5.10 Å². The molecule has 0 aliphatic rings. The van der Waals surface area contributed by atoms with E-state index in [0.29, 0.717) is 11.7 Å². The average molecular weight is 279 g/mol. The van der Waals surface area contributed by atoms with E-state index in [4.69, 9.17) is 5.73 Å². The van der Waals surface area contributed by atoms with Crippen LogP contribution >= 0.6 is 11.8 Å². The van der Waals surface area contributed by atoms with Gasteiger partial charge in [0.05, 0.1) is 0 Å². The number of nitrogens with one attached hydrogen (secondary N) is 1. The fourth-order valence-electron chi connectivity index (χ4n) is 1.72. The van der Waals surface area contributed by atoms with Crippen LogP contribution in [0.4, 0.5) is 0 Å². The number of aromatic nitrogens is 4. The molecular formula is C12H17N5OS. The van der Waals surface area contributed by atoms with E-state index in [1.54, 1.807) is 10.8 Å². The Bertz CT molecular complexity index is 604. The summed E-state index contributed by atoms with van der Waals surface area (Å²) in [6.07, 6.45) is 2.58. The second kappa shape index (κ2) is 6.03. The lowest BCUT2D eigenvalue weighted by molar-refractivity contribution is 0.603. The smallest absolute Gasteiger partial charge is 0.324 e. The van der Waals surface area contributed by atoms with Crippen LogP contribution < -0.4 is 11.4 Å². The number of pyridine rings is 1. The predicted molar refractivity (Wildman–Crippen MR) is 74.1 cm³/mol. The third-order valence-electron chi connectivity index (χ3n) is 2.65. The number of hydrogen-bond donors (Lipinski definition) is 2. The van der Waals surface area contributed by atoms with Crippen LogP contribution in [-0.2, 0) is 6.54 Å². The first kappa shape index (κ1) is 13.8. The van der Waals surface area contributed by atoms with Gasteiger partial charge in [-0.05, 0) is 31.2 Å². The first-order valence-corrected chi connectivity index (χ1v) is 6.98. The molecule has 102 valence electrons. The molecule has 0 aliphatic carbocycles. The highest BCUT2D eigenvalue weighted by Crippen LogP contribution is 2.28. The summed E-state index contributed by atoms with van der Waals surface area (Å²) < 4.78 is 1.62. The number of rotatable bonds is 5. The third-order valence-corrected chi connectivity index (χ3v) is 3.68. The Morgan fingerprint density at radius 3 is 3.05 bits per heavy atom. The molecule has 1 atom stereocenters. The van der Waals surface area contributed by atoms with Gasteiger partial charge in [-0.1, -0.05) is 13.0 Å². The highest BCUT2D eigenvalue weighted by molar-refractivity contribution is 7.99. The maximum atomic E-state index is 11.6. The van der Waals surface area contributed by atoms with Gasteiger partial charge in [0.25, 0.3) is 0 Å². The van der Waals surface area contributed by atoms with Crippen LogP contribution in [0.15, 0.2) is 33.3 Å². The third kappa shape index (κ3) is 3.05. The summed E-state index contributed by atoms with van der Waals surface area (Å²) in [6, 6.07) is 3.68. The van der Waals surface area contributed by atoms with Crippen molar-refractivity contribution in [3.05, 3.63) is 34.4 Å². The molecule has 0 bridgehead atoms. The summed E-state index contributed by atoms with van der Waals surface area (Å²) in [5, 5.41) is 7.91. The fourth-order valence-corrected chi connectivity index (χ4v) is 2.76. The number of aromatic amines is 1. The van der Waals surface area contributed by atoms with Crippen LogP contribution in [0.5, 0.6) is 0 Å². The van der Waals surface area contributed by atoms with Gasteiger partial charge in [-0.25, -0.2) is 14.9 Å². The van der Waals surface area contributed by atoms with Crippen LogP contribution in [0, 0.1) is 0 Å². The van der Waals surface area contributed by atoms with Crippen molar-refractivity contribution >= 4 is 11.8 Å². The van der Waals surface area contributed by atoms with Gasteiger partial charge < -0.3 is 5.73 Å². The van der Waals surface area contributed by atoms with Gasteiger partial charge in [0.15, 0.2) is 5.16 Å². The van der Waals surface area contributed by atoms with Gasteiger partial charge in [0, 0.05) is 24.3 Å². The maximum absolute atomic E-state index is 11.6. The van der Waals surface area contributed by atoms with Crippen LogP contribution in [0.25, 0.3) is 0 Å². The largest absolute Gasteiger partial charge is 0.343 e. The minimum absolute atomic E-state index is 0.110. The average Bonchev–Trinajstić information content (AvgIpc) is 2.72. The van der Waals surface area contributed by atoms with Gasteiger partial charge >= 0.3 is 5.69 Å². The van der Waals surface area contributed by atoms with E-state index in [-0.39, 0.29) is 11.7 Å². The molecular weight excluding hydrogens is 262 g/mol. The summed E-state index contributed by atoms with van der Waals surface area (Å²) in [4.78, 5) is 15.9. The number of nitrogens with zero attached hydrogens (tertiary/aromatic N) is 3. The topological polar surface area (TPSA) is 89.6 Å². The predicted octanol–water partition coefficient (Wildman–Crippen LogP) is 1.55. The minimum atomic E-state index is -0.192. The van der Waals surface area contributed by atoms with E-state index in [9.17, 15) is 4.79 Å². The second-order valence-electron chi connectivity index (χ2n) is 4.25. The van der Waals surface area contributed by atoms with Gasteiger partial charge in [0.1, 0.15) is 5.03 Å². The lowest BCUT2D eigenvalue weighted by Gasteiger charge is -2.10. The van der Waals surface area contributed by atoms with Crippen molar-refractivity contribution in [1.82, 2.24) is 19.7 Å². The first-order chi connectivity index (χ1) is 9.13. The van der Waals surface area contributed by atoms with Crippen molar-refractivity contribution < 1.29 is 0 Å². The highest BCUT2D eigenvalue weighted by atomic mass is 32.2. The highest BCUT2D eigenvalue weighted by Gasteiger charge is 2.14. The van der Waals surface area contributed by atoms with Crippen molar-refractivity contribution in [3.8, 4) is 0 Å². The molecule has 6 nitrogen and oxygen atoms in total. The summed E-state index contributed by atoms with van der Waals surface area (Å²) in [7, 11) is 0. The summed E-state index contributed by atoms with van der Waals surface area (Å²) in [5.74, 6) is 0. The van der Waals surface area contributed by atoms with Crippen LogP contribution in [-0.4, -0.2) is 19.7 Å². The van der Waals surface area contributed by atoms with Crippen molar-refractivity contribution in [3.63, 3.8) is 0 Å². The first-order valence-electron chi connectivity index (χ1n) is 6.17. The Hall–Kier alpha value is -1.60. The molecule has 0 fully saturated rings. The normalized spacial score (nSPS) is 12.6. The van der Waals surface area contributed by atoms with Gasteiger partial charge in [0.2, 0.25) is 0 Å². The molecule has 3 N–H and O–H groups in total. The quantitative estimate of drug-likeness (QED) is 0.866. The molecule has 7 heteroatoms. The fraction of sp³-hybridized carbons (Fsp3) is 0.417. The number of nitrogens with two attached hydrogens (primary N) is 1. The van der Waals surface area contributed by atoms with E-state index >= 15 is 0 Å². The van der Waals surface area contributed by atoms with E-state index in [0.717, 1.165) is 17.0 Å². The zero-order valence-corrected chi connectivity index (χ0v) is 11.8. The lowest BCUT2D eigenvalue weighted by atomic mass is 10.2. The van der Waals surface area contributed by atoms with Crippen LogP contribution in [0.1, 0.15) is 31.9 Å². The Labute approximate surface area is 115 Å². The minimum Gasteiger partial charge on any atom is -0.324 e. The zero-order chi connectivity index (χ0) is 13.8.